The lowest BCUT2D eigenvalue weighted by Gasteiger charge is -2.29. The quantitative estimate of drug-likeness (QED) is 0.503. The first kappa shape index (κ1) is 16.1. The minimum absolute atomic E-state index is 0.0978. The lowest BCUT2D eigenvalue weighted by Crippen LogP contribution is -2.48. The highest BCUT2D eigenvalue weighted by Crippen LogP contribution is 2.14. The van der Waals surface area contributed by atoms with Crippen LogP contribution in [0.1, 0.15) is 20.3 Å². The third-order valence-electron chi connectivity index (χ3n) is 2.34. The van der Waals surface area contributed by atoms with E-state index in [1.807, 2.05) is 35.0 Å². The van der Waals surface area contributed by atoms with Crippen LogP contribution in [0.5, 0.6) is 0 Å². The van der Waals surface area contributed by atoms with Crippen molar-refractivity contribution in [1.82, 2.24) is 0 Å². The van der Waals surface area contributed by atoms with Crippen molar-refractivity contribution in [3.05, 3.63) is 0 Å². The van der Waals surface area contributed by atoms with Gasteiger partial charge in [-0.2, -0.15) is 0 Å². The number of aliphatic hydroxyl groups excluding tert-OH is 1. The Morgan fingerprint density at radius 3 is 1.94 bits per heavy atom. The maximum Gasteiger partial charge on any atom is 0.316 e. The Morgan fingerprint density at radius 1 is 1.18 bits per heavy atom. The summed E-state index contributed by atoms with van der Waals surface area (Å²) < 4.78 is 0.417. The van der Waals surface area contributed by atoms with Gasteiger partial charge in [-0.1, -0.05) is 13.8 Å². The Labute approximate surface area is 103 Å². The Bertz CT molecular complexity index is 281. The minimum Gasteiger partial charge on any atom is -0.481 e. The first-order valence-electron chi connectivity index (χ1n) is 5.78. The van der Waals surface area contributed by atoms with E-state index in [4.69, 9.17) is 5.11 Å². The highest BCUT2D eigenvalue weighted by molar-refractivity contribution is 5.98. The molecule has 0 bridgehead atoms. The molecule has 2 N–H and O–H groups in total. The Balaban J connectivity index is 4.74. The second kappa shape index (κ2) is 6.12. The molecule has 5 heteroatoms. The van der Waals surface area contributed by atoms with Crippen LogP contribution in [-0.4, -0.2) is 60.2 Å². The van der Waals surface area contributed by atoms with Gasteiger partial charge in [0.25, 0.3) is 0 Å². The van der Waals surface area contributed by atoms with E-state index in [0.29, 0.717) is 4.48 Å². The number of ketones is 1. The van der Waals surface area contributed by atoms with Crippen LogP contribution in [-0.2, 0) is 9.59 Å². The van der Waals surface area contributed by atoms with Crippen LogP contribution >= 0.6 is 0 Å². The standard InChI is InChI=1S/C12H23NO4/c1-8(2)6-9(14)11(12(16)17)10(15)7-13(3,4)5/h8,10-11,15H,6-7H2,1-5H3/p+1/t10-,11+/m0/s1. The molecule has 100 valence electrons. The SMILES string of the molecule is CC(C)CC(=O)[C@@H](C(=O)O)[C@@H](O)C[N+](C)(C)C. The van der Waals surface area contributed by atoms with E-state index in [1.165, 1.54) is 0 Å². The molecule has 0 saturated carbocycles. The van der Waals surface area contributed by atoms with E-state index in [9.17, 15) is 14.7 Å². The Kier molecular flexibility index (Phi) is 5.78. The molecule has 0 aliphatic heterocycles. The number of hydrogen-bond acceptors (Lipinski definition) is 3. The third-order valence-corrected chi connectivity index (χ3v) is 2.34. The molecular formula is C12H24NO4+. The average molecular weight is 246 g/mol. The Hall–Kier alpha value is -0.940. The number of carboxylic acids is 1. The van der Waals surface area contributed by atoms with E-state index < -0.39 is 23.8 Å². The van der Waals surface area contributed by atoms with Crippen LogP contribution in [0, 0.1) is 11.8 Å². The van der Waals surface area contributed by atoms with Crippen molar-refractivity contribution in [1.29, 1.82) is 0 Å². The molecule has 17 heavy (non-hydrogen) atoms. The van der Waals surface area contributed by atoms with Crippen molar-refractivity contribution >= 4 is 11.8 Å². The van der Waals surface area contributed by atoms with Gasteiger partial charge in [0.2, 0.25) is 0 Å². The number of carboxylic acid groups (broad SMARTS) is 1. The van der Waals surface area contributed by atoms with Crippen molar-refractivity contribution in [2.45, 2.75) is 26.4 Å². The van der Waals surface area contributed by atoms with Gasteiger partial charge in [-0.15, -0.1) is 0 Å². The monoisotopic (exact) mass is 246 g/mol. The van der Waals surface area contributed by atoms with Crippen LogP contribution < -0.4 is 0 Å². The number of rotatable bonds is 7. The van der Waals surface area contributed by atoms with Crippen LogP contribution in [0.15, 0.2) is 0 Å². The van der Waals surface area contributed by atoms with Crippen molar-refractivity contribution in [2.75, 3.05) is 27.7 Å². The van der Waals surface area contributed by atoms with Gasteiger partial charge in [-0.05, 0) is 5.92 Å². The van der Waals surface area contributed by atoms with Gasteiger partial charge in [-0.3, -0.25) is 9.59 Å². The van der Waals surface area contributed by atoms with Crippen LogP contribution in [0.25, 0.3) is 0 Å². The minimum atomic E-state index is -1.31. The van der Waals surface area contributed by atoms with Gasteiger partial charge in [0.15, 0.2) is 0 Å². The fourth-order valence-corrected chi connectivity index (χ4v) is 1.71. The van der Waals surface area contributed by atoms with E-state index in [0.717, 1.165) is 0 Å². The van der Waals surface area contributed by atoms with Crippen LogP contribution in [0.4, 0.5) is 0 Å². The number of aliphatic hydroxyl groups is 1. The zero-order chi connectivity index (χ0) is 13.8. The highest BCUT2D eigenvalue weighted by Gasteiger charge is 2.36. The first-order chi connectivity index (χ1) is 7.54. The average Bonchev–Trinajstić information content (AvgIpc) is 1.96. The number of aliphatic carboxylic acids is 1. The normalized spacial score (nSPS) is 15.7. The summed E-state index contributed by atoms with van der Waals surface area (Å²) in [5.41, 5.74) is 0. The summed E-state index contributed by atoms with van der Waals surface area (Å²) in [5, 5.41) is 18.9. The third kappa shape index (κ3) is 6.38. The van der Waals surface area contributed by atoms with Crippen LogP contribution in [0.2, 0.25) is 0 Å². The summed E-state index contributed by atoms with van der Waals surface area (Å²) in [6, 6.07) is 0. The maximum atomic E-state index is 11.8. The zero-order valence-electron chi connectivity index (χ0n) is 11.3. The maximum absolute atomic E-state index is 11.8. The lowest BCUT2D eigenvalue weighted by molar-refractivity contribution is -0.873. The number of carbonyl (C=O) groups is 2. The summed E-state index contributed by atoms with van der Waals surface area (Å²) in [6.45, 7) is 3.94. The fourth-order valence-electron chi connectivity index (χ4n) is 1.71. The molecule has 0 amide bonds. The predicted molar refractivity (Wildman–Crippen MR) is 64.5 cm³/mol. The number of quaternary nitrogens is 1. The van der Waals surface area contributed by atoms with E-state index >= 15 is 0 Å². The molecule has 0 aromatic rings. The molecule has 0 spiro atoms. The second-order valence-corrected chi connectivity index (χ2v) is 5.92. The fraction of sp³-hybridized carbons (Fsp3) is 0.833. The molecule has 0 aromatic carbocycles. The Morgan fingerprint density at radius 2 is 1.65 bits per heavy atom. The van der Waals surface area contributed by atoms with Gasteiger partial charge in [0.05, 0.1) is 21.1 Å². The van der Waals surface area contributed by atoms with Gasteiger partial charge in [-0.25, -0.2) is 0 Å². The summed E-state index contributed by atoms with van der Waals surface area (Å²) in [5.74, 6) is -2.85. The molecule has 0 saturated heterocycles. The lowest BCUT2D eigenvalue weighted by atomic mass is 9.91. The van der Waals surface area contributed by atoms with Gasteiger partial charge in [0.1, 0.15) is 24.3 Å². The summed E-state index contributed by atoms with van der Waals surface area (Å²) in [6.07, 6.45) is -0.954. The molecule has 2 atom stereocenters. The topological polar surface area (TPSA) is 74.6 Å². The molecule has 5 nitrogen and oxygen atoms in total. The van der Waals surface area contributed by atoms with Gasteiger partial charge >= 0.3 is 5.97 Å². The molecule has 0 heterocycles. The van der Waals surface area contributed by atoms with Crippen molar-refractivity contribution in [2.24, 2.45) is 11.8 Å². The number of hydrogen-bond donors (Lipinski definition) is 2. The van der Waals surface area contributed by atoms with Gasteiger partial charge < -0.3 is 14.7 Å². The van der Waals surface area contributed by atoms with E-state index in [2.05, 4.69) is 0 Å². The molecule has 0 fully saturated rings. The largest absolute Gasteiger partial charge is 0.481 e. The summed E-state index contributed by atoms with van der Waals surface area (Å²) in [7, 11) is 5.53. The molecule has 0 aliphatic carbocycles. The highest BCUT2D eigenvalue weighted by atomic mass is 16.4. The van der Waals surface area contributed by atoms with Crippen LogP contribution in [0.3, 0.4) is 0 Å². The van der Waals surface area contributed by atoms with E-state index in [1.54, 1.807) is 0 Å². The van der Waals surface area contributed by atoms with E-state index in [-0.39, 0.29) is 18.9 Å². The number of likely N-dealkylation sites (N-methyl/N-ethyl adjacent to an activating group) is 1. The smallest absolute Gasteiger partial charge is 0.316 e. The zero-order valence-corrected chi connectivity index (χ0v) is 11.3. The molecular weight excluding hydrogens is 222 g/mol. The number of Topliss-reactive ketones (excluding diaryl/α,β-unsaturated/α-hetero) is 1. The molecule has 0 radical (unpaired) electrons. The van der Waals surface area contributed by atoms with Crippen molar-refractivity contribution in [3.63, 3.8) is 0 Å². The van der Waals surface area contributed by atoms with Gasteiger partial charge in [0, 0.05) is 6.42 Å². The molecule has 0 aromatic heterocycles. The molecule has 0 rings (SSSR count). The van der Waals surface area contributed by atoms with Crippen molar-refractivity contribution < 1.29 is 24.3 Å². The number of carbonyl (C=O) groups excluding carboxylic acids is 1. The molecule has 0 aliphatic rings. The summed E-state index contributed by atoms with van der Waals surface area (Å²) in [4.78, 5) is 22.8. The second-order valence-electron chi connectivity index (χ2n) is 5.92. The number of nitrogens with zero attached hydrogens (tertiary/aromatic N) is 1. The first-order valence-corrected chi connectivity index (χ1v) is 5.78. The molecule has 0 unspecified atom stereocenters. The predicted octanol–water partition coefficient (Wildman–Crippen LogP) is 0.369. The van der Waals surface area contributed by atoms with Crippen molar-refractivity contribution in [3.8, 4) is 0 Å². The summed E-state index contributed by atoms with van der Waals surface area (Å²) >= 11 is 0.